The molecule has 2 rings (SSSR count). The monoisotopic (exact) mass is 274 g/mol. The lowest BCUT2D eigenvalue weighted by atomic mass is 10.2. The fourth-order valence-corrected chi connectivity index (χ4v) is 3.49. The molecule has 94 valence electrons. The number of alkyl halides is 1. The first-order valence-electron chi connectivity index (χ1n) is 5.56. The zero-order valence-corrected chi connectivity index (χ0v) is 11.0. The zero-order valence-electron chi connectivity index (χ0n) is 9.47. The lowest BCUT2D eigenvalue weighted by Gasteiger charge is -2.24. The summed E-state index contributed by atoms with van der Waals surface area (Å²) in [5, 5.41) is 0. The number of nitrogens with zero attached hydrogens (tertiary/aromatic N) is 2. The SMILES string of the molecule is O=S1(=O)CCCN(c2ccncc2CCl)CC1. The van der Waals surface area contributed by atoms with Crippen LogP contribution in [0.25, 0.3) is 0 Å². The summed E-state index contributed by atoms with van der Waals surface area (Å²) >= 11 is 5.86. The number of hydrogen-bond acceptors (Lipinski definition) is 4. The molecule has 2 heterocycles. The molecule has 0 aliphatic carbocycles. The molecule has 1 aromatic heterocycles. The fourth-order valence-electron chi connectivity index (χ4n) is 2.01. The first-order chi connectivity index (χ1) is 8.12. The van der Waals surface area contributed by atoms with Crippen LogP contribution in [0.4, 0.5) is 5.69 Å². The van der Waals surface area contributed by atoms with Crippen molar-refractivity contribution in [1.29, 1.82) is 0 Å². The molecule has 4 nitrogen and oxygen atoms in total. The van der Waals surface area contributed by atoms with Crippen LogP contribution in [-0.2, 0) is 15.7 Å². The highest BCUT2D eigenvalue weighted by molar-refractivity contribution is 7.91. The van der Waals surface area contributed by atoms with Crippen LogP contribution in [0, 0.1) is 0 Å². The number of anilines is 1. The van der Waals surface area contributed by atoms with Crippen molar-refractivity contribution >= 4 is 27.1 Å². The third-order valence-corrected chi connectivity index (χ3v) is 4.92. The molecule has 1 fully saturated rings. The summed E-state index contributed by atoms with van der Waals surface area (Å²) < 4.78 is 23.1. The topological polar surface area (TPSA) is 50.3 Å². The average molecular weight is 275 g/mol. The molecule has 6 heteroatoms. The number of aromatic nitrogens is 1. The van der Waals surface area contributed by atoms with Crippen molar-refractivity contribution in [3.05, 3.63) is 24.0 Å². The van der Waals surface area contributed by atoms with Crippen molar-refractivity contribution < 1.29 is 8.42 Å². The molecule has 0 bridgehead atoms. The molecule has 1 saturated heterocycles. The van der Waals surface area contributed by atoms with E-state index in [9.17, 15) is 8.42 Å². The number of rotatable bonds is 2. The minimum absolute atomic E-state index is 0.219. The van der Waals surface area contributed by atoms with Gasteiger partial charge in [-0.15, -0.1) is 11.6 Å². The number of sulfone groups is 1. The Morgan fingerprint density at radius 3 is 2.94 bits per heavy atom. The Morgan fingerprint density at radius 1 is 1.35 bits per heavy atom. The van der Waals surface area contributed by atoms with E-state index in [-0.39, 0.29) is 11.5 Å². The van der Waals surface area contributed by atoms with E-state index in [1.54, 1.807) is 12.4 Å². The van der Waals surface area contributed by atoms with Gasteiger partial charge < -0.3 is 4.90 Å². The molecule has 17 heavy (non-hydrogen) atoms. The molecule has 0 spiro atoms. The standard InChI is InChI=1S/C11H15ClN2O2S/c12-8-10-9-13-3-2-11(10)14-4-1-6-17(15,16)7-5-14/h2-3,9H,1,4-8H2. The molecule has 0 saturated carbocycles. The summed E-state index contributed by atoms with van der Waals surface area (Å²) in [6, 6.07) is 1.90. The Kier molecular flexibility index (Phi) is 3.89. The van der Waals surface area contributed by atoms with Gasteiger partial charge in [-0.1, -0.05) is 0 Å². The Morgan fingerprint density at radius 2 is 2.18 bits per heavy atom. The van der Waals surface area contributed by atoms with Gasteiger partial charge in [-0.25, -0.2) is 8.42 Å². The highest BCUT2D eigenvalue weighted by atomic mass is 35.5. The molecule has 0 atom stereocenters. The second-order valence-corrected chi connectivity index (χ2v) is 6.70. The minimum atomic E-state index is -2.87. The highest BCUT2D eigenvalue weighted by Crippen LogP contribution is 2.22. The maximum absolute atomic E-state index is 11.5. The van der Waals surface area contributed by atoms with Crippen molar-refractivity contribution in [1.82, 2.24) is 4.98 Å². The van der Waals surface area contributed by atoms with Gasteiger partial charge in [0, 0.05) is 36.7 Å². The quantitative estimate of drug-likeness (QED) is 0.766. The lowest BCUT2D eigenvalue weighted by molar-refractivity contribution is 0.597. The van der Waals surface area contributed by atoms with Crippen LogP contribution in [0.2, 0.25) is 0 Å². The molecule has 0 unspecified atom stereocenters. The van der Waals surface area contributed by atoms with Crippen LogP contribution in [-0.4, -0.2) is 38.0 Å². The summed E-state index contributed by atoms with van der Waals surface area (Å²) in [7, 11) is -2.87. The van der Waals surface area contributed by atoms with Crippen LogP contribution in [0.5, 0.6) is 0 Å². The maximum atomic E-state index is 11.5. The third kappa shape index (κ3) is 3.10. The van der Waals surface area contributed by atoms with Crippen LogP contribution in [0.15, 0.2) is 18.5 Å². The van der Waals surface area contributed by atoms with Crippen molar-refractivity contribution in [2.75, 3.05) is 29.5 Å². The average Bonchev–Trinajstić information content (AvgIpc) is 2.50. The van der Waals surface area contributed by atoms with Crippen LogP contribution >= 0.6 is 11.6 Å². The van der Waals surface area contributed by atoms with Crippen molar-refractivity contribution in [2.24, 2.45) is 0 Å². The number of halogens is 1. The molecular formula is C11H15ClN2O2S. The minimum Gasteiger partial charge on any atom is -0.370 e. The molecule has 0 aromatic carbocycles. The van der Waals surface area contributed by atoms with Crippen LogP contribution in [0.1, 0.15) is 12.0 Å². The fraction of sp³-hybridized carbons (Fsp3) is 0.545. The number of hydrogen-bond donors (Lipinski definition) is 0. The second-order valence-electron chi connectivity index (χ2n) is 4.13. The van der Waals surface area contributed by atoms with E-state index in [2.05, 4.69) is 9.88 Å². The van der Waals surface area contributed by atoms with E-state index in [4.69, 9.17) is 11.6 Å². The molecule has 0 N–H and O–H groups in total. The predicted molar refractivity (Wildman–Crippen MR) is 69.3 cm³/mol. The second kappa shape index (κ2) is 5.23. The van der Waals surface area contributed by atoms with Crippen molar-refractivity contribution in [3.63, 3.8) is 0 Å². The number of pyridine rings is 1. The van der Waals surface area contributed by atoms with Gasteiger partial charge in [0.25, 0.3) is 0 Å². The van der Waals surface area contributed by atoms with E-state index in [0.717, 1.165) is 17.8 Å². The first-order valence-corrected chi connectivity index (χ1v) is 7.92. The normalized spacial score (nSPS) is 19.9. The Hall–Kier alpha value is -0.810. The molecular weight excluding hydrogens is 260 g/mol. The Balaban J connectivity index is 2.22. The zero-order chi connectivity index (χ0) is 12.3. The van der Waals surface area contributed by atoms with Gasteiger partial charge in [0.2, 0.25) is 0 Å². The summed E-state index contributed by atoms with van der Waals surface area (Å²) in [6.45, 7) is 1.30. The summed E-state index contributed by atoms with van der Waals surface area (Å²) in [6.07, 6.45) is 4.12. The van der Waals surface area contributed by atoms with Gasteiger partial charge in [-0.05, 0) is 12.5 Å². The van der Waals surface area contributed by atoms with Gasteiger partial charge in [0.15, 0.2) is 9.84 Å². The van der Waals surface area contributed by atoms with E-state index >= 15 is 0 Å². The molecule has 0 radical (unpaired) electrons. The summed E-state index contributed by atoms with van der Waals surface area (Å²) in [5.74, 6) is 0.897. The van der Waals surface area contributed by atoms with Gasteiger partial charge in [0.1, 0.15) is 0 Å². The van der Waals surface area contributed by atoms with Gasteiger partial charge >= 0.3 is 0 Å². The summed E-state index contributed by atoms with van der Waals surface area (Å²) in [5.41, 5.74) is 1.96. The Bertz CT molecular complexity index is 490. The van der Waals surface area contributed by atoms with Gasteiger partial charge in [0.05, 0.1) is 17.4 Å². The predicted octanol–water partition coefficient (Wildman–Crippen LogP) is 1.45. The third-order valence-electron chi connectivity index (χ3n) is 2.92. The molecule has 1 aliphatic heterocycles. The maximum Gasteiger partial charge on any atom is 0.152 e. The van der Waals surface area contributed by atoms with Crippen molar-refractivity contribution in [3.8, 4) is 0 Å². The van der Waals surface area contributed by atoms with E-state index in [1.165, 1.54) is 0 Å². The van der Waals surface area contributed by atoms with Gasteiger partial charge in [-0.3, -0.25) is 4.98 Å². The lowest BCUT2D eigenvalue weighted by Crippen LogP contribution is -2.27. The van der Waals surface area contributed by atoms with E-state index in [1.807, 2.05) is 6.07 Å². The first kappa shape index (κ1) is 12.6. The van der Waals surface area contributed by atoms with Crippen molar-refractivity contribution in [2.45, 2.75) is 12.3 Å². The van der Waals surface area contributed by atoms with Gasteiger partial charge in [-0.2, -0.15) is 0 Å². The van der Waals surface area contributed by atoms with E-state index < -0.39 is 9.84 Å². The molecule has 1 aliphatic rings. The van der Waals surface area contributed by atoms with Crippen LogP contribution in [0.3, 0.4) is 0 Å². The smallest absolute Gasteiger partial charge is 0.152 e. The molecule has 1 aromatic rings. The Labute approximate surface area is 107 Å². The highest BCUT2D eigenvalue weighted by Gasteiger charge is 2.20. The summed E-state index contributed by atoms with van der Waals surface area (Å²) in [4.78, 5) is 6.12. The van der Waals surface area contributed by atoms with Crippen LogP contribution < -0.4 is 4.90 Å². The molecule has 0 amide bonds. The van der Waals surface area contributed by atoms with E-state index in [0.29, 0.717) is 18.8 Å². The largest absolute Gasteiger partial charge is 0.370 e.